The molecule has 0 unspecified atom stereocenters. The first-order valence-electron chi connectivity index (χ1n) is 7.07. The van der Waals surface area contributed by atoms with Crippen molar-refractivity contribution >= 4 is 33.0 Å². The molecule has 0 atom stereocenters. The van der Waals surface area contributed by atoms with Crippen LogP contribution in [0.3, 0.4) is 0 Å². The van der Waals surface area contributed by atoms with Gasteiger partial charge in [0, 0.05) is 37.6 Å². The summed E-state index contributed by atoms with van der Waals surface area (Å²) in [4.78, 5) is 3.79. The van der Waals surface area contributed by atoms with Gasteiger partial charge in [-0.15, -0.1) is 11.3 Å². The molecule has 4 nitrogen and oxygen atoms in total. The lowest BCUT2D eigenvalue weighted by Crippen LogP contribution is -2.48. The fraction of sp³-hybridized carbons (Fsp3) is 0.333. The Hall–Kier alpha value is -0.920. The zero-order valence-electron chi connectivity index (χ0n) is 12.0. The van der Waals surface area contributed by atoms with Gasteiger partial charge in [-0.2, -0.15) is 4.31 Å². The molecule has 1 aromatic carbocycles. The average molecular weight is 357 g/mol. The molecule has 118 valence electrons. The number of benzene rings is 1. The first kappa shape index (κ1) is 16.0. The highest BCUT2D eigenvalue weighted by molar-refractivity contribution is 7.89. The standard InChI is InChI=1S/C15H17ClN2O2S2/c16-14-5-1-2-6-15(14)22(19,20)18-9-7-17(8-10-18)12-13-4-3-11-21-13/h1-6,11H,7-10,12H2. The Morgan fingerprint density at radius 1 is 1.05 bits per heavy atom. The average Bonchev–Trinajstić information content (AvgIpc) is 3.01. The van der Waals surface area contributed by atoms with E-state index in [9.17, 15) is 8.42 Å². The van der Waals surface area contributed by atoms with Gasteiger partial charge in [0.2, 0.25) is 10.0 Å². The predicted molar refractivity (Wildman–Crippen MR) is 89.8 cm³/mol. The largest absolute Gasteiger partial charge is 0.296 e. The van der Waals surface area contributed by atoms with Gasteiger partial charge in [0.1, 0.15) is 4.90 Å². The van der Waals surface area contributed by atoms with Crippen LogP contribution in [0.2, 0.25) is 5.02 Å². The molecule has 0 spiro atoms. The number of sulfonamides is 1. The molecule has 2 aromatic rings. The van der Waals surface area contributed by atoms with E-state index in [1.165, 1.54) is 9.18 Å². The Morgan fingerprint density at radius 3 is 2.41 bits per heavy atom. The van der Waals surface area contributed by atoms with Crippen LogP contribution >= 0.6 is 22.9 Å². The number of thiophene rings is 1. The zero-order chi connectivity index (χ0) is 15.6. The van der Waals surface area contributed by atoms with Crippen molar-refractivity contribution in [1.29, 1.82) is 0 Å². The second-order valence-corrected chi connectivity index (χ2v) is 8.54. The van der Waals surface area contributed by atoms with E-state index in [1.54, 1.807) is 35.6 Å². The summed E-state index contributed by atoms with van der Waals surface area (Å²) in [5.41, 5.74) is 0. The summed E-state index contributed by atoms with van der Waals surface area (Å²) in [6.45, 7) is 3.36. The van der Waals surface area contributed by atoms with Gasteiger partial charge in [-0.25, -0.2) is 8.42 Å². The molecule has 0 N–H and O–H groups in total. The third-order valence-electron chi connectivity index (χ3n) is 3.75. The van der Waals surface area contributed by atoms with E-state index >= 15 is 0 Å². The van der Waals surface area contributed by atoms with Crippen LogP contribution in [-0.4, -0.2) is 43.8 Å². The summed E-state index contributed by atoms with van der Waals surface area (Å²) in [6, 6.07) is 10.8. The molecule has 0 amide bonds. The molecule has 3 rings (SSSR count). The third kappa shape index (κ3) is 3.36. The highest BCUT2D eigenvalue weighted by Crippen LogP contribution is 2.25. The monoisotopic (exact) mass is 356 g/mol. The maximum Gasteiger partial charge on any atom is 0.244 e. The minimum atomic E-state index is -3.50. The number of hydrogen-bond acceptors (Lipinski definition) is 4. The molecule has 0 radical (unpaired) electrons. The normalized spacial score (nSPS) is 17.7. The van der Waals surface area contributed by atoms with Crippen LogP contribution in [0.15, 0.2) is 46.7 Å². The molecule has 0 aliphatic carbocycles. The second kappa shape index (κ2) is 6.68. The van der Waals surface area contributed by atoms with Crippen LogP contribution in [0.1, 0.15) is 4.88 Å². The summed E-state index contributed by atoms with van der Waals surface area (Å²) < 4.78 is 26.8. The minimum absolute atomic E-state index is 0.198. The molecular formula is C15H17ClN2O2S2. The van der Waals surface area contributed by atoms with Crippen LogP contribution in [-0.2, 0) is 16.6 Å². The summed E-state index contributed by atoms with van der Waals surface area (Å²) in [6.07, 6.45) is 0. The van der Waals surface area contributed by atoms with Crippen LogP contribution in [0.5, 0.6) is 0 Å². The van der Waals surface area contributed by atoms with Crippen molar-refractivity contribution in [2.24, 2.45) is 0 Å². The number of rotatable bonds is 4. The molecular weight excluding hydrogens is 340 g/mol. The van der Waals surface area contributed by atoms with Crippen LogP contribution in [0, 0.1) is 0 Å². The number of nitrogens with zero attached hydrogens (tertiary/aromatic N) is 2. The van der Waals surface area contributed by atoms with Crippen molar-refractivity contribution in [3.63, 3.8) is 0 Å². The van der Waals surface area contributed by atoms with E-state index in [0.29, 0.717) is 13.1 Å². The molecule has 22 heavy (non-hydrogen) atoms. The minimum Gasteiger partial charge on any atom is -0.296 e. The molecule has 2 heterocycles. The second-order valence-electron chi connectivity index (χ2n) is 5.19. The third-order valence-corrected chi connectivity index (χ3v) is 7.00. The van der Waals surface area contributed by atoms with E-state index in [1.807, 2.05) is 6.07 Å². The Bertz CT molecular complexity index is 724. The highest BCUT2D eigenvalue weighted by atomic mass is 35.5. The van der Waals surface area contributed by atoms with Gasteiger partial charge in [-0.1, -0.05) is 29.8 Å². The lowest BCUT2D eigenvalue weighted by molar-refractivity contribution is 0.183. The van der Waals surface area contributed by atoms with Crippen LogP contribution in [0.4, 0.5) is 0 Å². The van der Waals surface area contributed by atoms with E-state index in [-0.39, 0.29) is 9.92 Å². The first-order valence-corrected chi connectivity index (χ1v) is 9.76. The predicted octanol–water partition coefficient (Wildman–Crippen LogP) is 2.91. The topological polar surface area (TPSA) is 40.6 Å². The number of hydrogen-bond donors (Lipinski definition) is 0. The fourth-order valence-corrected chi connectivity index (χ4v) is 5.21. The Balaban J connectivity index is 1.67. The van der Waals surface area contributed by atoms with E-state index < -0.39 is 10.0 Å². The Kier molecular flexibility index (Phi) is 4.84. The molecule has 1 saturated heterocycles. The zero-order valence-corrected chi connectivity index (χ0v) is 14.4. The van der Waals surface area contributed by atoms with Crippen molar-refractivity contribution in [3.05, 3.63) is 51.7 Å². The highest BCUT2D eigenvalue weighted by Gasteiger charge is 2.29. The molecule has 0 saturated carbocycles. The van der Waals surface area contributed by atoms with Crippen molar-refractivity contribution in [2.75, 3.05) is 26.2 Å². The molecule has 1 aliphatic rings. The van der Waals surface area contributed by atoms with Gasteiger partial charge in [0.15, 0.2) is 0 Å². The molecule has 0 bridgehead atoms. The van der Waals surface area contributed by atoms with Crippen LogP contribution < -0.4 is 0 Å². The molecule has 1 aromatic heterocycles. The lowest BCUT2D eigenvalue weighted by atomic mass is 10.3. The number of halogens is 1. The quantitative estimate of drug-likeness (QED) is 0.845. The van der Waals surface area contributed by atoms with Crippen molar-refractivity contribution in [3.8, 4) is 0 Å². The Morgan fingerprint density at radius 2 is 1.77 bits per heavy atom. The van der Waals surface area contributed by atoms with Crippen molar-refractivity contribution in [1.82, 2.24) is 9.21 Å². The summed E-state index contributed by atoms with van der Waals surface area (Å²) in [5, 5.41) is 2.34. The van der Waals surface area contributed by atoms with E-state index in [4.69, 9.17) is 11.6 Å². The van der Waals surface area contributed by atoms with Gasteiger partial charge in [0.25, 0.3) is 0 Å². The molecule has 1 aliphatic heterocycles. The van der Waals surface area contributed by atoms with Crippen LogP contribution in [0.25, 0.3) is 0 Å². The van der Waals surface area contributed by atoms with Gasteiger partial charge in [0.05, 0.1) is 5.02 Å². The van der Waals surface area contributed by atoms with Gasteiger partial charge in [-0.05, 0) is 23.6 Å². The van der Waals surface area contributed by atoms with Crippen molar-refractivity contribution < 1.29 is 8.42 Å². The molecule has 1 fully saturated rings. The van der Waals surface area contributed by atoms with Gasteiger partial charge >= 0.3 is 0 Å². The van der Waals surface area contributed by atoms with E-state index in [0.717, 1.165) is 19.6 Å². The first-order chi connectivity index (χ1) is 10.6. The summed E-state index contributed by atoms with van der Waals surface area (Å²) in [5.74, 6) is 0. The lowest BCUT2D eigenvalue weighted by Gasteiger charge is -2.33. The smallest absolute Gasteiger partial charge is 0.244 e. The van der Waals surface area contributed by atoms with Gasteiger partial charge in [-0.3, -0.25) is 4.90 Å². The maximum absolute atomic E-state index is 12.7. The van der Waals surface area contributed by atoms with Crippen molar-refractivity contribution in [2.45, 2.75) is 11.4 Å². The maximum atomic E-state index is 12.7. The summed E-state index contributed by atoms with van der Waals surface area (Å²) in [7, 11) is -3.50. The molecule has 7 heteroatoms. The van der Waals surface area contributed by atoms with E-state index in [2.05, 4.69) is 16.3 Å². The SMILES string of the molecule is O=S(=O)(c1ccccc1Cl)N1CCN(Cc2cccs2)CC1. The Labute approximate surface area is 140 Å². The summed E-state index contributed by atoms with van der Waals surface area (Å²) >= 11 is 7.77. The number of piperazine rings is 1. The fourth-order valence-electron chi connectivity index (χ4n) is 2.54. The van der Waals surface area contributed by atoms with Gasteiger partial charge < -0.3 is 0 Å².